The molecule has 0 unspecified atom stereocenters. The van der Waals surface area contributed by atoms with Crippen molar-refractivity contribution >= 4 is 58.0 Å². The van der Waals surface area contributed by atoms with Crippen LogP contribution in [0.25, 0.3) is 22.4 Å². The maximum Gasteiger partial charge on any atom is 0.129 e. The predicted octanol–water partition coefficient (Wildman–Crippen LogP) is 7.68. The molecule has 0 atom stereocenters. The van der Waals surface area contributed by atoms with Crippen molar-refractivity contribution < 1.29 is 0 Å². The molecule has 2 aromatic carbocycles. The summed E-state index contributed by atoms with van der Waals surface area (Å²) < 4.78 is 0. The van der Waals surface area contributed by atoms with E-state index in [1.807, 2.05) is 24.3 Å². The molecule has 0 aliphatic carbocycles. The van der Waals surface area contributed by atoms with Crippen molar-refractivity contribution in [2.75, 3.05) is 0 Å². The van der Waals surface area contributed by atoms with Crippen molar-refractivity contribution in [2.24, 2.45) is 0 Å². The minimum absolute atomic E-state index is 0.345. The van der Waals surface area contributed by atoms with Crippen LogP contribution in [-0.4, -0.2) is 4.98 Å². The first-order valence-corrected chi connectivity index (χ1v) is 8.43. The van der Waals surface area contributed by atoms with Crippen LogP contribution in [0.15, 0.2) is 48.5 Å². The molecule has 3 aromatic rings. The molecule has 0 saturated carbocycles. The van der Waals surface area contributed by atoms with Crippen LogP contribution in [0.1, 0.15) is 0 Å². The molecule has 0 radical (unpaired) electrons. The van der Waals surface area contributed by atoms with E-state index < -0.39 is 0 Å². The second-order valence-corrected chi connectivity index (χ2v) is 6.69. The van der Waals surface area contributed by atoms with Crippen LogP contribution in [0.2, 0.25) is 25.2 Å². The molecular weight excluding hydrogens is 395 g/mol. The standard InChI is InChI=1S/C17H8Cl5N/c18-12-5-1-3-9(15(12)21)10-7-8-14(20)23-17(10)11-4-2-6-13(19)16(11)22/h1-8H. The Balaban J connectivity index is 2.32. The Bertz CT molecular complexity index is 892. The number of hydrogen-bond acceptors (Lipinski definition) is 1. The van der Waals surface area contributed by atoms with Gasteiger partial charge in [-0.25, -0.2) is 4.98 Å². The van der Waals surface area contributed by atoms with Gasteiger partial charge in [-0.3, -0.25) is 0 Å². The highest BCUT2D eigenvalue weighted by atomic mass is 35.5. The summed E-state index contributed by atoms with van der Waals surface area (Å²) in [7, 11) is 0. The predicted molar refractivity (Wildman–Crippen MR) is 100 cm³/mol. The Kier molecular flexibility index (Phi) is 5.05. The van der Waals surface area contributed by atoms with Crippen LogP contribution < -0.4 is 0 Å². The summed E-state index contributed by atoms with van der Waals surface area (Å²) in [6, 6.07) is 14.3. The molecular formula is C17H8Cl5N. The Morgan fingerprint density at radius 1 is 0.565 bits per heavy atom. The molecule has 1 heterocycles. The molecule has 0 aliphatic rings. The number of aromatic nitrogens is 1. The van der Waals surface area contributed by atoms with Crippen LogP contribution >= 0.6 is 58.0 Å². The number of hydrogen-bond donors (Lipinski definition) is 0. The van der Waals surface area contributed by atoms with Gasteiger partial charge in [-0.1, -0.05) is 82.3 Å². The van der Waals surface area contributed by atoms with Crippen LogP contribution in [0, 0.1) is 0 Å². The zero-order valence-electron chi connectivity index (χ0n) is 11.5. The molecule has 0 bridgehead atoms. The van der Waals surface area contributed by atoms with Crippen LogP contribution in [0.5, 0.6) is 0 Å². The largest absolute Gasteiger partial charge is 0.235 e. The Morgan fingerprint density at radius 2 is 1.13 bits per heavy atom. The van der Waals surface area contributed by atoms with Gasteiger partial charge in [-0.05, 0) is 24.3 Å². The number of benzene rings is 2. The zero-order chi connectivity index (χ0) is 16.6. The first-order chi connectivity index (χ1) is 11.0. The van der Waals surface area contributed by atoms with Crippen molar-refractivity contribution in [2.45, 2.75) is 0 Å². The van der Waals surface area contributed by atoms with Gasteiger partial charge in [0.25, 0.3) is 0 Å². The molecule has 0 fully saturated rings. The third kappa shape index (κ3) is 3.31. The Morgan fingerprint density at radius 3 is 1.78 bits per heavy atom. The van der Waals surface area contributed by atoms with E-state index in [0.717, 1.165) is 11.1 Å². The number of halogens is 5. The monoisotopic (exact) mass is 401 g/mol. The minimum Gasteiger partial charge on any atom is -0.235 e. The molecule has 0 N–H and O–H groups in total. The summed E-state index contributed by atoms with van der Waals surface area (Å²) in [5, 5.41) is 2.09. The fourth-order valence-corrected chi connectivity index (χ4v) is 3.20. The van der Waals surface area contributed by atoms with E-state index in [2.05, 4.69) is 4.98 Å². The van der Waals surface area contributed by atoms with E-state index in [1.54, 1.807) is 24.3 Å². The lowest BCUT2D eigenvalue weighted by Crippen LogP contribution is -1.92. The Labute approximate surface area is 158 Å². The summed E-state index contributed by atoms with van der Waals surface area (Å²) in [5.74, 6) is 0. The number of nitrogens with zero attached hydrogens (tertiary/aromatic N) is 1. The van der Waals surface area contributed by atoms with E-state index in [9.17, 15) is 0 Å². The Hall–Kier alpha value is -0.960. The van der Waals surface area contributed by atoms with Crippen LogP contribution in [0.4, 0.5) is 0 Å². The molecule has 23 heavy (non-hydrogen) atoms. The average Bonchev–Trinajstić information content (AvgIpc) is 2.53. The van der Waals surface area contributed by atoms with Gasteiger partial charge in [0, 0.05) is 16.7 Å². The molecule has 1 nitrogen and oxygen atoms in total. The van der Waals surface area contributed by atoms with Gasteiger partial charge in [0.15, 0.2) is 0 Å². The van der Waals surface area contributed by atoms with E-state index in [4.69, 9.17) is 58.0 Å². The number of rotatable bonds is 2. The van der Waals surface area contributed by atoms with Gasteiger partial charge < -0.3 is 0 Å². The fraction of sp³-hybridized carbons (Fsp3) is 0. The third-order valence-corrected chi connectivity index (χ3v) is 5.16. The third-order valence-electron chi connectivity index (χ3n) is 3.31. The lowest BCUT2D eigenvalue weighted by atomic mass is 9.99. The average molecular weight is 404 g/mol. The molecule has 0 spiro atoms. The highest BCUT2D eigenvalue weighted by molar-refractivity contribution is 6.44. The number of pyridine rings is 1. The summed E-state index contributed by atoms with van der Waals surface area (Å²) in [6.07, 6.45) is 0. The molecule has 3 rings (SSSR count). The first kappa shape index (κ1) is 16.9. The maximum absolute atomic E-state index is 6.35. The van der Waals surface area contributed by atoms with E-state index >= 15 is 0 Å². The quantitative estimate of drug-likeness (QED) is 0.400. The fourth-order valence-electron chi connectivity index (χ4n) is 2.26. The molecule has 0 aliphatic heterocycles. The zero-order valence-corrected chi connectivity index (χ0v) is 15.2. The van der Waals surface area contributed by atoms with E-state index in [-0.39, 0.29) is 0 Å². The maximum atomic E-state index is 6.35. The highest BCUT2D eigenvalue weighted by Gasteiger charge is 2.17. The smallest absolute Gasteiger partial charge is 0.129 e. The minimum atomic E-state index is 0.345. The molecule has 1 aromatic heterocycles. The van der Waals surface area contributed by atoms with Crippen molar-refractivity contribution in [3.8, 4) is 22.4 Å². The van der Waals surface area contributed by atoms with Gasteiger partial charge in [0.1, 0.15) is 5.15 Å². The second-order valence-electron chi connectivity index (χ2n) is 4.73. The van der Waals surface area contributed by atoms with E-state index in [1.165, 1.54) is 0 Å². The van der Waals surface area contributed by atoms with Gasteiger partial charge in [-0.2, -0.15) is 0 Å². The van der Waals surface area contributed by atoms with Crippen LogP contribution in [-0.2, 0) is 0 Å². The summed E-state index contributed by atoms with van der Waals surface area (Å²) in [6.45, 7) is 0. The normalized spacial score (nSPS) is 10.8. The summed E-state index contributed by atoms with van der Waals surface area (Å²) in [5.41, 5.74) is 2.78. The lowest BCUT2D eigenvalue weighted by molar-refractivity contribution is 1.32. The molecule has 6 heteroatoms. The second kappa shape index (κ2) is 6.88. The topological polar surface area (TPSA) is 12.9 Å². The van der Waals surface area contributed by atoms with Gasteiger partial charge in [-0.15, -0.1) is 0 Å². The first-order valence-electron chi connectivity index (χ1n) is 6.54. The van der Waals surface area contributed by atoms with Crippen molar-refractivity contribution in [3.05, 3.63) is 73.8 Å². The van der Waals surface area contributed by atoms with Crippen molar-refractivity contribution in [3.63, 3.8) is 0 Å². The SMILES string of the molecule is Clc1ccc(-c2cccc(Cl)c2Cl)c(-c2cccc(Cl)c2Cl)n1. The highest BCUT2D eigenvalue weighted by Crippen LogP contribution is 2.41. The van der Waals surface area contributed by atoms with Crippen molar-refractivity contribution in [1.29, 1.82) is 0 Å². The summed E-state index contributed by atoms with van der Waals surface area (Å²) in [4.78, 5) is 4.41. The van der Waals surface area contributed by atoms with Gasteiger partial charge in [0.2, 0.25) is 0 Å². The van der Waals surface area contributed by atoms with Crippen LogP contribution in [0.3, 0.4) is 0 Å². The molecule has 0 amide bonds. The molecule has 116 valence electrons. The van der Waals surface area contributed by atoms with E-state index in [0.29, 0.717) is 36.5 Å². The molecule has 0 saturated heterocycles. The van der Waals surface area contributed by atoms with Gasteiger partial charge in [0.05, 0.1) is 25.8 Å². The summed E-state index contributed by atoms with van der Waals surface area (Å²) >= 11 is 31.0. The van der Waals surface area contributed by atoms with Gasteiger partial charge >= 0.3 is 0 Å². The lowest BCUT2D eigenvalue weighted by Gasteiger charge is -2.13. The van der Waals surface area contributed by atoms with Crippen molar-refractivity contribution in [1.82, 2.24) is 4.98 Å².